The van der Waals surface area contributed by atoms with Crippen LogP contribution in [0.2, 0.25) is 0 Å². The van der Waals surface area contributed by atoms with Crippen LogP contribution in [-0.2, 0) is 0 Å². The normalized spacial score (nSPS) is 30.4. The Morgan fingerprint density at radius 2 is 2.00 bits per heavy atom. The molecule has 1 aliphatic heterocycles. The molecule has 4 aliphatic rings. The summed E-state index contributed by atoms with van der Waals surface area (Å²) in [5, 5.41) is 3.55. The van der Waals surface area contributed by atoms with Crippen molar-refractivity contribution in [2.75, 3.05) is 26.2 Å². The second kappa shape index (κ2) is 4.64. The number of hydrogen-bond donors (Lipinski definition) is 1. The van der Waals surface area contributed by atoms with Crippen molar-refractivity contribution < 1.29 is 0 Å². The van der Waals surface area contributed by atoms with Gasteiger partial charge in [0.15, 0.2) is 5.96 Å². The topological polar surface area (TPSA) is 27.6 Å². The van der Waals surface area contributed by atoms with Gasteiger partial charge in [-0.1, -0.05) is 6.42 Å². The highest BCUT2D eigenvalue weighted by Gasteiger charge is 2.53. The minimum atomic E-state index is 0.633. The van der Waals surface area contributed by atoms with E-state index in [1.54, 1.807) is 0 Å². The Hall–Kier alpha value is -0.730. The van der Waals surface area contributed by atoms with Crippen molar-refractivity contribution in [2.45, 2.75) is 58.3 Å². The molecule has 112 valence electrons. The van der Waals surface area contributed by atoms with Gasteiger partial charge in [0.1, 0.15) is 0 Å². The average Bonchev–Trinajstić information content (AvgIpc) is 3.30. The number of rotatable bonds is 4. The maximum atomic E-state index is 5.05. The summed E-state index contributed by atoms with van der Waals surface area (Å²) in [4.78, 5) is 7.59. The molecule has 3 heteroatoms. The molecule has 3 saturated carbocycles. The van der Waals surface area contributed by atoms with Crippen LogP contribution in [0.25, 0.3) is 0 Å². The number of guanidine groups is 1. The first-order chi connectivity index (χ1) is 9.75. The Balaban J connectivity index is 1.41. The number of nitrogens with zero attached hydrogens (tertiary/aromatic N) is 2. The fourth-order valence-electron chi connectivity index (χ4n) is 4.41. The molecular formula is C17H29N3. The van der Waals surface area contributed by atoms with E-state index < -0.39 is 0 Å². The number of likely N-dealkylation sites (tertiary alicyclic amines) is 1. The van der Waals surface area contributed by atoms with Gasteiger partial charge in [0.05, 0.1) is 0 Å². The minimum Gasteiger partial charge on any atom is -0.357 e. The molecular weight excluding hydrogens is 246 g/mol. The van der Waals surface area contributed by atoms with Crippen molar-refractivity contribution >= 4 is 5.96 Å². The molecule has 1 saturated heterocycles. The van der Waals surface area contributed by atoms with Gasteiger partial charge in [-0.05, 0) is 68.6 Å². The van der Waals surface area contributed by atoms with Gasteiger partial charge in [-0.2, -0.15) is 0 Å². The van der Waals surface area contributed by atoms with Crippen LogP contribution < -0.4 is 5.32 Å². The van der Waals surface area contributed by atoms with Crippen LogP contribution in [0.3, 0.4) is 0 Å². The second-order valence-electron chi connectivity index (χ2n) is 7.83. The molecule has 3 aliphatic carbocycles. The molecule has 0 amide bonds. The van der Waals surface area contributed by atoms with Gasteiger partial charge in [-0.15, -0.1) is 0 Å². The number of aliphatic imine (C=N–C) groups is 1. The van der Waals surface area contributed by atoms with Crippen molar-refractivity contribution in [1.82, 2.24) is 10.2 Å². The van der Waals surface area contributed by atoms with E-state index in [0.29, 0.717) is 10.8 Å². The highest BCUT2D eigenvalue weighted by atomic mass is 15.3. The third-order valence-electron chi connectivity index (χ3n) is 6.37. The van der Waals surface area contributed by atoms with E-state index in [-0.39, 0.29) is 0 Å². The largest absolute Gasteiger partial charge is 0.357 e. The van der Waals surface area contributed by atoms with Crippen LogP contribution in [0.5, 0.6) is 0 Å². The van der Waals surface area contributed by atoms with Crippen molar-refractivity contribution in [3.63, 3.8) is 0 Å². The molecule has 3 nitrogen and oxygen atoms in total. The fraction of sp³-hybridized carbons (Fsp3) is 0.941. The summed E-state index contributed by atoms with van der Waals surface area (Å²) in [7, 11) is 0. The van der Waals surface area contributed by atoms with Crippen LogP contribution in [0.1, 0.15) is 58.3 Å². The third-order valence-corrected chi connectivity index (χ3v) is 6.37. The lowest BCUT2D eigenvalue weighted by Crippen LogP contribution is -2.42. The molecule has 1 N–H and O–H groups in total. The van der Waals surface area contributed by atoms with Crippen LogP contribution in [0.4, 0.5) is 0 Å². The number of nitrogens with one attached hydrogen (secondary N) is 1. The van der Waals surface area contributed by atoms with E-state index in [2.05, 4.69) is 17.1 Å². The quantitative estimate of drug-likeness (QED) is 0.631. The van der Waals surface area contributed by atoms with E-state index in [4.69, 9.17) is 4.99 Å². The van der Waals surface area contributed by atoms with Gasteiger partial charge in [0, 0.05) is 26.2 Å². The summed E-state index contributed by atoms with van der Waals surface area (Å²) >= 11 is 0. The molecule has 1 heterocycles. The maximum absolute atomic E-state index is 5.05. The summed E-state index contributed by atoms with van der Waals surface area (Å²) in [6, 6.07) is 0. The molecule has 0 aromatic carbocycles. The van der Waals surface area contributed by atoms with Gasteiger partial charge in [0.25, 0.3) is 0 Å². The molecule has 0 atom stereocenters. The second-order valence-corrected chi connectivity index (χ2v) is 7.83. The minimum absolute atomic E-state index is 0.633. The maximum Gasteiger partial charge on any atom is 0.193 e. The van der Waals surface area contributed by atoms with Crippen LogP contribution in [0.15, 0.2) is 4.99 Å². The van der Waals surface area contributed by atoms with Gasteiger partial charge in [-0.3, -0.25) is 4.99 Å². The lowest BCUT2D eigenvalue weighted by atomic mass is 9.68. The first-order valence-corrected chi connectivity index (χ1v) is 8.79. The Morgan fingerprint density at radius 1 is 1.20 bits per heavy atom. The molecule has 0 aromatic heterocycles. The molecule has 0 unspecified atom stereocenters. The first-order valence-electron chi connectivity index (χ1n) is 8.79. The summed E-state index contributed by atoms with van der Waals surface area (Å²) in [6.07, 6.45) is 11.6. The lowest BCUT2D eigenvalue weighted by molar-refractivity contribution is 0.151. The summed E-state index contributed by atoms with van der Waals surface area (Å²) in [6.45, 7) is 6.76. The summed E-state index contributed by atoms with van der Waals surface area (Å²) in [5.74, 6) is 2.23. The third kappa shape index (κ3) is 2.23. The lowest BCUT2D eigenvalue weighted by Gasteiger charge is -2.38. The Morgan fingerprint density at radius 3 is 2.50 bits per heavy atom. The summed E-state index contributed by atoms with van der Waals surface area (Å²) in [5.41, 5.74) is 1.30. The van der Waals surface area contributed by atoms with Crippen LogP contribution in [0, 0.1) is 16.7 Å². The monoisotopic (exact) mass is 275 g/mol. The Kier molecular flexibility index (Phi) is 3.01. The van der Waals surface area contributed by atoms with Gasteiger partial charge < -0.3 is 10.2 Å². The SMILES string of the molecule is CCNC(=NCC1(C2CC2)CC1)N1CCC2(CCC2)C1. The van der Waals surface area contributed by atoms with Gasteiger partial charge in [-0.25, -0.2) is 0 Å². The smallest absolute Gasteiger partial charge is 0.193 e. The highest BCUT2D eigenvalue weighted by Crippen LogP contribution is 2.61. The summed E-state index contributed by atoms with van der Waals surface area (Å²) < 4.78 is 0. The van der Waals surface area contributed by atoms with Crippen LogP contribution >= 0.6 is 0 Å². The van der Waals surface area contributed by atoms with Crippen LogP contribution in [-0.4, -0.2) is 37.0 Å². The predicted molar refractivity (Wildman–Crippen MR) is 82.8 cm³/mol. The molecule has 0 aromatic rings. The average molecular weight is 275 g/mol. The van der Waals surface area contributed by atoms with Crippen molar-refractivity contribution in [3.8, 4) is 0 Å². The van der Waals surface area contributed by atoms with Gasteiger partial charge >= 0.3 is 0 Å². The fourth-order valence-corrected chi connectivity index (χ4v) is 4.41. The van der Waals surface area contributed by atoms with E-state index >= 15 is 0 Å². The van der Waals surface area contributed by atoms with E-state index in [0.717, 1.165) is 19.0 Å². The molecule has 20 heavy (non-hydrogen) atoms. The molecule has 1 spiro atoms. The van der Waals surface area contributed by atoms with E-state index in [9.17, 15) is 0 Å². The Bertz CT molecular complexity index is 402. The van der Waals surface area contributed by atoms with E-state index in [1.807, 2.05) is 0 Å². The zero-order chi connectivity index (χ0) is 13.6. The Labute approximate surface area is 123 Å². The molecule has 0 radical (unpaired) electrons. The van der Waals surface area contributed by atoms with Crippen molar-refractivity contribution in [1.29, 1.82) is 0 Å². The molecule has 4 rings (SSSR count). The van der Waals surface area contributed by atoms with Crippen molar-refractivity contribution in [3.05, 3.63) is 0 Å². The first kappa shape index (κ1) is 13.0. The zero-order valence-electron chi connectivity index (χ0n) is 13.0. The standard InChI is InChI=1S/C17H29N3/c1-2-18-15(19-12-17(8-9-17)14-4-5-14)20-11-10-16(13-20)6-3-7-16/h14H,2-13H2,1H3,(H,18,19). The predicted octanol–water partition coefficient (Wildman–Crippen LogP) is 3.02. The zero-order valence-corrected chi connectivity index (χ0v) is 13.0. The van der Waals surface area contributed by atoms with Gasteiger partial charge in [0.2, 0.25) is 0 Å². The number of hydrogen-bond acceptors (Lipinski definition) is 1. The highest BCUT2D eigenvalue weighted by molar-refractivity contribution is 5.80. The van der Waals surface area contributed by atoms with E-state index in [1.165, 1.54) is 70.4 Å². The molecule has 4 fully saturated rings. The van der Waals surface area contributed by atoms with Crippen molar-refractivity contribution in [2.24, 2.45) is 21.7 Å². The molecule has 0 bridgehead atoms.